The van der Waals surface area contributed by atoms with E-state index >= 15 is 0 Å². The van der Waals surface area contributed by atoms with Crippen LogP contribution in [0, 0.1) is 5.92 Å². The number of ketones is 1. The minimum absolute atomic E-state index is 0.0360. The van der Waals surface area contributed by atoms with Crippen LogP contribution in [0.15, 0.2) is 23.3 Å². The van der Waals surface area contributed by atoms with Gasteiger partial charge in [0.15, 0.2) is 11.7 Å². The molecule has 0 radical (unpaired) electrons. The molecule has 0 spiro atoms. The van der Waals surface area contributed by atoms with Gasteiger partial charge in [-0.25, -0.2) is 9.59 Å². The van der Waals surface area contributed by atoms with Gasteiger partial charge in [-0.1, -0.05) is 13.0 Å². The van der Waals surface area contributed by atoms with Gasteiger partial charge in [-0.05, 0) is 32.4 Å². The van der Waals surface area contributed by atoms with E-state index in [-0.39, 0.29) is 37.2 Å². The predicted molar refractivity (Wildman–Crippen MR) is 105 cm³/mol. The Balaban J connectivity index is 2.42. The second kappa shape index (κ2) is 9.99. The highest BCUT2D eigenvalue weighted by Gasteiger charge is 2.41. The lowest BCUT2D eigenvalue weighted by atomic mass is 9.85. The molecule has 1 saturated heterocycles. The van der Waals surface area contributed by atoms with E-state index in [2.05, 4.69) is 0 Å². The van der Waals surface area contributed by atoms with Crippen LogP contribution in [0.4, 0.5) is 0 Å². The molecule has 166 valence electrons. The second-order valence-electron chi connectivity index (χ2n) is 7.90. The van der Waals surface area contributed by atoms with Crippen molar-refractivity contribution >= 4 is 23.7 Å². The fraction of sp³-hybridized carbons (Fsp3) is 0.619. The average Bonchev–Trinajstić information content (AvgIpc) is 2.67. The number of ether oxygens (including phenoxy) is 3. The summed E-state index contributed by atoms with van der Waals surface area (Å²) in [6.45, 7) is 4.65. The molecule has 0 saturated carbocycles. The SMILES string of the molecule is CC(=O)OCC=C1CC(C)C(C)(O)C(=O)OCC2=CCN(C)CCC(OC1=O)C2=O. The number of nitrogens with zero attached hydrogens (tertiary/aromatic N) is 1. The molecule has 0 aromatic carbocycles. The van der Waals surface area contributed by atoms with Crippen LogP contribution in [0.5, 0.6) is 0 Å². The Morgan fingerprint density at radius 3 is 2.77 bits per heavy atom. The number of cyclic esters (lactones) is 1. The smallest absolute Gasteiger partial charge is 0.338 e. The van der Waals surface area contributed by atoms with E-state index in [1.54, 1.807) is 13.0 Å². The van der Waals surface area contributed by atoms with E-state index in [4.69, 9.17) is 14.2 Å². The summed E-state index contributed by atoms with van der Waals surface area (Å²) in [5.74, 6) is -3.30. The van der Waals surface area contributed by atoms with E-state index in [1.165, 1.54) is 19.9 Å². The molecule has 3 atom stereocenters. The van der Waals surface area contributed by atoms with Crippen LogP contribution >= 0.6 is 0 Å². The summed E-state index contributed by atoms with van der Waals surface area (Å²) in [6.07, 6.45) is 2.22. The summed E-state index contributed by atoms with van der Waals surface area (Å²) in [5.41, 5.74) is -1.59. The van der Waals surface area contributed by atoms with Gasteiger partial charge in [0, 0.05) is 37.6 Å². The molecule has 2 rings (SSSR count). The standard InChI is InChI=1S/C21H29NO8/c1-13-11-15(7-10-28-14(2)23)19(25)30-17-6-9-22(4)8-5-16(18(17)24)12-29-20(26)21(13,3)27/h5,7,13,17,27H,6,8-12H2,1-4H3. The maximum absolute atomic E-state index is 12.9. The summed E-state index contributed by atoms with van der Waals surface area (Å²) >= 11 is 0. The first kappa shape index (κ1) is 23.8. The lowest BCUT2D eigenvalue weighted by Crippen LogP contribution is -2.45. The first-order valence-corrected chi connectivity index (χ1v) is 9.87. The molecule has 9 nitrogen and oxygen atoms in total. The molecular formula is C21H29NO8. The van der Waals surface area contributed by atoms with Gasteiger partial charge in [-0.15, -0.1) is 0 Å². The van der Waals surface area contributed by atoms with Crippen molar-refractivity contribution in [2.75, 3.05) is 33.4 Å². The maximum Gasteiger partial charge on any atom is 0.338 e. The molecule has 30 heavy (non-hydrogen) atoms. The third kappa shape index (κ3) is 5.99. The molecule has 2 aliphatic rings. The monoisotopic (exact) mass is 423 g/mol. The molecule has 0 aliphatic carbocycles. The van der Waals surface area contributed by atoms with Crippen LogP contribution in [-0.4, -0.2) is 78.8 Å². The highest BCUT2D eigenvalue weighted by molar-refractivity contribution is 6.01. The zero-order valence-electron chi connectivity index (χ0n) is 17.8. The zero-order valence-corrected chi connectivity index (χ0v) is 17.8. The Kier molecular flexibility index (Phi) is 7.91. The first-order valence-electron chi connectivity index (χ1n) is 9.87. The average molecular weight is 423 g/mol. The van der Waals surface area contributed by atoms with Gasteiger partial charge in [0.25, 0.3) is 0 Å². The van der Waals surface area contributed by atoms with E-state index < -0.39 is 41.3 Å². The Morgan fingerprint density at radius 1 is 1.40 bits per heavy atom. The molecule has 2 heterocycles. The third-order valence-electron chi connectivity index (χ3n) is 5.42. The molecule has 2 bridgehead atoms. The number of fused-ring (bicyclic) bond motifs is 2. The fourth-order valence-corrected chi connectivity index (χ4v) is 3.11. The molecule has 0 amide bonds. The van der Waals surface area contributed by atoms with Crippen molar-refractivity contribution in [1.29, 1.82) is 0 Å². The third-order valence-corrected chi connectivity index (χ3v) is 5.42. The van der Waals surface area contributed by atoms with Crippen LogP contribution < -0.4 is 0 Å². The second-order valence-corrected chi connectivity index (χ2v) is 7.90. The normalized spacial score (nSPS) is 30.8. The highest BCUT2D eigenvalue weighted by atomic mass is 16.6. The predicted octanol–water partition coefficient (Wildman–Crippen LogP) is 0.553. The van der Waals surface area contributed by atoms with Crippen LogP contribution in [0.25, 0.3) is 0 Å². The molecule has 2 aliphatic heterocycles. The van der Waals surface area contributed by atoms with E-state index in [0.717, 1.165) is 0 Å². The molecule has 1 N–H and O–H groups in total. The number of carbonyl (C=O) groups is 4. The highest BCUT2D eigenvalue weighted by Crippen LogP contribution is 2.28. The zero-order chi connectivity index (χ0) is 22.5. The van der Waals surface area contributed by atoms with Crippen molar-refractivity contribution in [3.63, 3.8) is 0 Å². The number of likely N-dealkylation sites (N-methyl/N-ethyl adjacent to an activating group) is 1. The van der Waals surface area contributed by atoms with Crippen LogP contribution in [0.3, 0.4) is 0 Å². The fourth-order valence-electron chi connectivity index (χ4n) is 3.11. The van der Waals surface area contributed by atoms with E-state index in [0.29, 0.717) is 13.1 Å². The van der Waals surface area contributed by atoms with Gasteiger partial charge in [0.1, 0.15) is 13.2 Å². The summed E-state index contributed by atoms with van der Waals surface area (Å²) < 4.78 is 15.6. The maximum atomic E-state index is 12.9. The van der Waals surface area contributed by atoms with Crippen molar-refractivity contribution in [3.8, 4) is 0 Å². The number of Topliss-reactive ketones (excluding diaryl/α,β-unsaturated/α-hetero) is 1. The van der Waals surface area contributed by atoms with Gasteiger partial charge >= 0.3 is 17.9 Å². The minimum Gasteiger partial charge on any atom is -0.462 e. The first-order chi connectivity index (χ1) is 14.0. The van der Waals surface area contributed by atoms with Gasteiger partial charge in [-0.3, -0.25) is 9.59 Å². The van der Waals surface area contributed by atoms with Crippen LogP contribution in [0.1, 0.15) is 33.6 Å². The van der Waals surface area contributed by atoms with Crippen molar-refractivity contribution in [2.24, 2.45) is 5.92 Å². The van der Waals surface area contributed by atoms with Crippen molar-refractivity contribution in [2.45, 2.75) is 45.3 Å². The molecule has 1 fully saturated rings. The largest absolute Gasteiger partial charge is 0.462 e. The van der Waals surface area contributed by atoms with Gasteiger partial charge in [0.05, 0.1) is 0 Å². The van der Waals surface area contributed by atoms with Crippen molar-refractivity contribution < 1.29 is 38.5 Å². The Morgan fingerprint density at radius 2 is 2.10 bits per heavy atom. The Bertz CT molecular complexity index is 767. The van der Waals surface area contributed by atoms with Crippen LogP contribution in [-0.2, 0) is 33.4 Å². The quantitative estimate of drug-likeness (QED) is 0.386. The summed E-state index contributed by atoms with van der Waals surface area (Å²) in [5, 5.41) is 10.7. The minimum atomic E-state index is -1.90. The summed E-state index contributed by atoms with van der Waals surface area (Å²) in [4.78, 5) is 51.3. The number of hydrogen-bond donors (Lipinski definition) is 1. The molecule has 9 heteroatoms. The lowest BCUT2D eigenvalue weighted by Gasteiger charge is -2.31. The Hall–Kier alpha value is -2.52. The number of carbonyl (C=O) groups excluding carboxylic acids is 4. The van der Waals surface area contributed by atoms with Gasteiger partial charge < -0.3 is 24.2 Å². The molecular weight excluding hydrogens is 394 g/mol. The number of hydrogen-bond acceptors (Lipinski definition) is 9. The molecule has 3 unspecified atom stereocenters. The Labute approximate surface area is 175 Å². The lowest BCUT2D eigenvalue weighted by molar-refractivity contribution is -0.169. The van der Waals surface area contributed by atoms with Gasteiger partial charge in [-0.2, -0.15) is 0 Å². The van der Waals surface area contributed by atoms with E-state index in [9.17, 15) is 24.3 Å². The number of rotatable bonds is 2. The van der Waals surface area contributed by atoms with Crippen molar-refractivity contribution in [1.82, 2.24) is 4.90 Å². The van der Waals surface area contributed by atoms with E-state index in [1.807, 2.05) is 11.9 Å². The summed E-state index contributed by atoms with van der Waals surface area (Å²) in [6, 6.07) is 0. The van der Waals surface area contributed by atoms with Crippen molar-refractivity contribution in [3.05, 3.63) is 23.3 Å². The molecule has 0 aromatic heterocycles. The molecule has 0 aromatic rings. The summed E-state index contributed by atoms with van der Waals surface area (Å²) in [7, 11) is 1.86. The number of esters is 3. The van der Waals surface area contributed by atoms with Gasteiger partial charge in [0.2, 0.25) is 5.78 Å². The topological polar surface area (TPSA) is 119 Å². The number of aliphatic hydroxyl groups is 1. The van der Waals surface area contributed by atoms with Crippen LogP contribution in [0.2, 0.25) is 0 Å².